The fourth-order valence-electron chi connectivity index (χ4n) is 2.34. The minimum Gasteiger partial charge on any atom is -0.497 e. The van der Waals surface area contributed by atoms with E-state index in [9.17, 15) is 14.7 Å². The molecular formula is C18H27NO5. The van der Waals surface area contributed by atoms with E-state index in [1.807, 2.05) is 38.1 Å². The zero-order chi connectivity index (χ0) is 18.2. The molecule has 1 amide bonds. The summed E-state index contributed by atoms with van der Waals surface area (Å²) in [6.45, 7) is 5.65. The van der Waals surface area contributed by atoms with E-state index in [0.717, 1.165) is 11.3 Å². The van der Waals surface area contributed by atoms with Crippen LogP contribution in [-0.2, 0) is 20.9 Å². The molecule has 0 aromatic heterocycles. The first-order chi connectivity index (χ1) is 11.4. The number of methoxy groups -OCH3 is 1. The van der Waals surface area contributed by atoms with Crippen molar-refractivity contribution in [2.75, 3.05) is 13.7 Å². The molecule has 6 nitrogen and oxygen atoms in total. The number of hydrogen-bond donors (Lipinski definition) is 2. The maximum atomic E-state index is 12.1. The highest BCUT2D eigenvalue weighted by Gasteiger charge is 2.35. The fourth-order valence-corrected chi connectivity index (χ4v) is 2.34. The monoisotopic (exact) mass is 337 g/mol. The van der Waals surface area contributed by atoms with Crippen LogP contribution in [0.15, 0.2) is 24.3 Å². The normalized spacial score (nSPS) is 12.5. The molecule has 1 atom stereocenters. The van der Waals surface area contributed by atoms with Gasteiger partial charge in [-0.3, -0.25) is 9.59 Å². The summed E-state index contributed by atoms with van der Waals surface area (Å²) in [4.78, 5) is 23.6. The lowest BCUT2D eigenvalue weighted by atomic mass is 9.82. The van der Waals surface area contributed by atoms with E-state index in [-0.39, 0.29) is 19.1 Å². The molecule has 24 heavy (non-hydrogen) atoms. The number of aliphatic carboxylic acids is 1. The molecule has 0 saturated heterocycles. The van der Waals surface area contributed by atoms with Crippen LogP contribution in [0.3, 0.4) is 0 Å². The van der Waals surface area contributed by atoms with E-state index in [0.29, 0.717) is 12.8 Å². The van der Waals surface area contributed by atoms with Gasteiger partial charge in [-0.25, -0.2) is 0 Å². The summed E-state index contributed by atoms with van der Waals surface area (Å²) in [5.74, 6) is -0.478. The Balaban J connectivity index is 2.54. The van der Waals surface area contributed by atoms with Gasteiger partial charge < -0.3 is 19.9 Å². The van der Waals surface area contributed by atoms with Gasteiger partial charge in [0.25, 0.3) is 0 Å². The maximum absolute atomic E-state index is 12.1. The van der Waals surface area contributed by atoms with Gasteiger partial charge in [0.1, 0.15) is 11.9 Å². The minimum absolute atomic E-state index is 0.0982. The smallest absolute Gasteiger partial charge is 0.311 e. The SMILES string of the molecule is CCC(CC)(CNC(=O)C(C)OCc1cccc(OC)c1)C(=O)O. The van der Waals surface area contributed by atoms with E-state index >= 15 is 0 Å². The van der Waals surface area contributed by atoms with Crippen molar-refractivity contribution in [2.45, 2.75) is 46.3 Å². The Morgan fingerprint density at radius 3 is 2.50 bits per heavy atom. The molecule has 6 heteroatoms. The van der Waals surface area contributed by atoms with Gasteiger partial charge in [0.05, 0.1) is 19.1 Å². The molecule has 1 rings (SSSR count). The highest BCUT2D eigenvalue weighted by Crippen LogP contribution is 2.25. The number of nitrogens with one attached hydrogen (secondary N) is 1. The second-order valence-electron chi connectivity index (χ2n) is 5.82. The number of carbonyl (C=O) groups is 2. The summed E-state index contributed by atoms with van der Waals surface area (Å²) >= 11 is 0. The van der Waals surface area contributed by atoms with Crippen LogP contribution in [0.1, 0.15) is 39.2 Å². The number of amides is 1. The Kier molecular flexibility index (Phi) is 7.71. The van der Waals surface area contributed by atoms with Gasteiger partial charge >= 0.3 is 5.97 Å². The lowest BCUT2D eigenvalue weighted by Crippen LogP contribution is -2.45. The summed E-state index contributed by atoms with van der Waals surface area (Å²) in [6, 6.07) is 7.41. The topological polar surface area (TPSA) is 84.9 Å². The van der Waals surface area contributed by atoms with Gasteiger partial charge in [-0.15, -0.1) is 0 Å². The summed E-state index contributed by atoms with van der Waals surface area (Å²) in [5.41, 5.74) is -0.0293. The van der Waals surface area contributed by atoms with Crippen LogP contribution in [0.2, 0.25) is 0 Å². The summed E-state index contributed by atoms with van der Waals surface area (Å²) in [5, 5.41) is 12.1. The Labute approximate surface area is 143 Å². The van der Waals surface area contributed by atoms with E-state index < -0.39 is 17.5 Å². The quantitative estimate of drug-likeness (QED) is 0.685. The van der Waals surface area contributed by atoms with E-state index in [1.165, 1.54) is 0 Å². The number of carboxylic acid groups (broad SMARTS) is 1. The van der Waals surface area contributed by atoms with Crippen molar-refractivity contribution in [3.8, 4) is 5.75 Å². The molecule has 0 aliphatic heterocycles. The molecule has 1 aromatic rings. The Hall–Kier alpha value is -2.08. The number of carbonyl (C=O) groups excluding carboxylic acids is 1. The number of carboxylic acids is 1. The second kappa shape index (κ2) is 9.27. The molecule has 0 aliphatic rings. The second-order valence-corrected chi connectivity index (χ2v) is 5.82. The number of rotatable bonds is 10. The molecule has 1 unspecified atom stereocenters. The fraction of sp³-hybridized carbons (Fsp3) is 0.556. The molecule has 0 fully saturated rings. The van der Waals surface area contributed by atoms with Crippen molar-refractivity contribution >= 4 is 11.9 Å². The van der Waals surface area contributed by atoms with Crippen LogP contribution in [0.5, 0.6) is 5.75 Å². The van der Waals surface area contributed by atoms with Crippen LogP contribution < -0.4 is 10.1 Å². The number of ether oxygens (including phenoxy) is 2. The predicted octanol–water partition coefficient (Wildman–Crippen LogP) is 2.61. The third-order valence-electron chi connectivity index (χ3n) is 4.41. The summed E-state index contributed by atoms with van der Waals surface area (Å²) in [6.07, 6.45) is 0.243. The third kappa shape index (κ3) is 5.23. The summed E-state index contributed by atoms with van der Waals surface area (Å²) in [7, 11) is 1.59. The zero-order valence-electron chi connectivity index (χ0n) is 14.8. The summed E-state index contributed by atoms with van der Waals surface area (Å²) < 4.78 is 10.7. The third-order valence-corrected chi connectivity index (χ3v) is 4.41. The van der Waals surface area contributed by atoms with E-state index in [1.54, 1.807) is 14.0 Å². The van der Waals surface area contributed by atoms with E-state index in [2.05, 4.69) is 5.32 Å². The first-order valence-corrected chi connectivity index (χ1v) is 8.14. The largest absolute Gasteiger partial charge is 0.497 e. The van der Waals surface area contributed by atoms with Crippen LogP contribution in [0.25, 0.3) is 0 Å². The minimum atomic E-state index is -0.928. The van der Waals surface area contributed by atoms with Gasteiger partial charge in [-0.05, 0) is 37.5 Å². The molecule has 134 valence electrons. The molecule has 0 bridgehead atoms. The number of hydrogen-bond acceptors (Lipinski definition) is 4. The van der Waals surface area contributed by atoms with Crippen LogP contribution in [0, 0.1) is 5.41 Å². The van der Waals surface area contributed by atoms with Crippen molar-refractivity contribution in [2.24, 2.45) is 5.41 Å². The molecule has 0 radical (unpaired) electrons. The van der Waals surface area contributed by atoms with Crippen LogP contribution in [-0.4, -0.2) is 36.7 Å². The van der Waals surface area contributed by atoms with E-state index in [4.69, 9.17) is 9.47 Å². The molecular weight excluding hydrogens is 310 g/mol. The van der Waals surface area contributed by atoms with Gasteiger partial charge in [-0.1, -0.05) is 26.0 Å². The Bertz CT molecular complexity index is 554. The van der Waals surface area contributed by atoms with Gasteiger partial charge in [0.15, 0.2) is 0 Å². The average molecular weight is 337 g/mol. The standard InChI is InChI=1S/C18H27NO5/c1-5-18(6-2,17(21)22)12-19-16(20)13(3)24-11-14-8-7-9-15(10-14)23-4/h7-10,13H,5-6,11-12H2,1-4H3,(H,19,20)(H,21,22). The first kappa shape index (κ1) is 20.0. The lowest BCUT2D eigenvalue weighted by Gasteiger charge is -2.27. The van der Waals surface area contributed by atoms with Gasteiger partial charge in [0, 0.05) is 6.54 Å². The van der Waals surface area contributed by atoms with Gasteiger partial charge in [-0.2, -0.15) is 0 Å². The zero-order valence-corrected chi connectivity index (χ0v) is 14.8. The van der Waals surface area contributed by atoms with Crippen molar-refractivity contribution in [1.82, 2.24) is 5.32 Å². The molecule has 0 spiro atoms. The molecule has 1 aromatic carbocycles. The first-order valence-electron chi connectivity index (χ1n) is 8.14. The molecule has 0 aliphatic carbocycles. The Morgan fingerprint density at radius 1 is 1.29 bits per heavy atom. The van der Waals surface area contributed by atoms with Crippen molar-refractivity contribution in [3.63, 3.8) is 0 Å². The van der Waals surface area contributed by atoms with Crippen molar-refractivity contribution in [3.05, 3.63) is 29.8 Å². The average Bonchev–Trinajstić information content (AvgIpc) is 2.60. The van der Waals surface area contributed by atoms with Crippen LogP contribution in [0.4, 0.5) is 0 Å². The predicted molar refractivity (Wildman–Crippen MR) is 90.9 cm³/mol. The Morgan fingerprint density at radius 2 is 1.96 bits per heavy atom. The highest BCUT2D eigenvalue weighted by molar-refractivity contribution is 5.82. The van der Waals surface area contributed by atoms with Crippen LogP contribution >= 0.6 is 0 Å². The van der Waals surface area contributed by atoms with Crippen molar-refractivity contribution < 1.29 is 24.2 Å². The van der Waals surface area contributed by atoms with Crippen molar-refractivity contribution in [1.29, 1.82) is 0 Å². The lowest BCUT2D eigenvalue weighted by molar-refractivity contribution is -0.149. The molecule has 0 heterocycles. The molecule has 2 N–H and O–H groups in total. The molecule has 0 saturated carbocycles. The number of benzene rings is 1. The van der Waals surface area contributed by atoms with Gasteiger partial charge in [0.2, 0.25) is 5.91 Å². The highest BCUT2D eigenvalue weighted by atomic mass is 16.5. The maximum Gasteiger partial charge on any atom is 0.311 e.